The van der Waals surface area contributed by atoms with Gasteiger partial charge in [-0.15, -0.1) is 0 Å². The van der Waals surface area contributed by atoms with Gasteiger partial charge >= 0.3 is 0 Å². The van der Waals surface area contributed by atoms with Crippen molar-refractivity contribution >= 4 is 0 Å². The molecule has 1 rings (SSSR count). The van der Waals surface area contributed by atoms with Gasteiger partial charge in [-0.05, 0) is 56.0 Å². The lowest BCUT2D eigenvalue weighted by atomic mass is 9.70. The molecule has 1 saturated carbocycles. The summed E-state index contributed by atoms with van der Waals surface area (Å²) in [5.74, 6) is 0. The highest BCUT2D eigenvalue weighted by atomic mass is 14.9. The lowest BCUT2D eigenvalue weighted by Gasteiger charge is -2.38. The van der Waals surface area contributed by atoms with Crippen LogP contribution in [0.15, 0.2) is 0 Å². The van der Waals surface area contributed by atoms with Crippen LogP contribution in [0.4, 0.5) is 0 Å². The van der Waals surface area contributed by atoms with E-state index in [2.05, 4.69) is 26.1 Å². The van der Waals surface area contributed by atoms with Crippen molar-refractivity contribution in [2.75, 3.05) is 19.6 Å². The topological polar surface area (TPSA) is 38.0 Å². The molecule has 0 heterocycles. The third kappa shape index (κ3) is 4.84. The summed E-state index contributed by atoms with van der Waals surface area (Å²) in [7, 11) is 0. The molecule has 0 aliphatic heterocycles. The van der Waals surface area contributed by atoms with Crippen LogP contribution < -0.4 is 11.1 Å². The molecule has 0 bridgehead atoms. The SMILES string of the molecule is CC(C)(CCN)CCCNCC1(C)CCC1. The molecule has 0 saturated heterocycles. The molecule has 0 spiro atoms. The normalized spacial score (nSPS) is 19.5. The van der Waals surface area contributed by atoms with Gasteiger partial charge in [0.05, 0.1) is 0 Å². The fraction of sp³-hybridized carbons (Fsp3) is 1.00. The molecule has 0 amide bonds. The summed E-state index contributed by atoms with van der Waals surface area (Å²) in [6.45, 7) is 10.3. The number of hydrogen-bond acceptors (Lipinski definition) is 2. The fourth-order valence-corrected chi connectivity index (χ4v) is 2.55. The van der Waals surface area contributed by atoms with Gasteiger partial charge in [-0.3, -0.25) is 0 Å². The predicted octanol–water partition coefficient (Wildman–Crippen LogP) is 2.92. The Hall–Kier alpha value is -0.0800. The molecule has 0 unspecified atom stereocenters. The van der Waals surface area contributed by atoms with Crippen molar-refractivity contribution in [2.24, 2.45) is 16.6 Å². The van der Waals surface area contributed by atoms with Crippen LogP contribution in [0.25, 0.3) is 0 Å². The van der Waals surface area contributed by atoms with E-state index in [1.165, 1.54) is 45.2 Å². The van der Waals surface area contributed by atoms with E-state index in [1.807, 2.05) is 0 Å². The Balaban J connectivity index is 1.99. The van der Waals surface area contributed by atoms with Crippen LogP contribution in [-0.4, -0.2) is 19.6 Å². The van der Waals surface area contributed by atoms with E-state index in [1.54, 1.807) is 0 Å². The van der Waals surface area contributed by atoms with Crippen LogP contribution in [0.1, 0.15) is 59.3 Å². The Kier molecular flexibility index (Phi) is 5.26. The van der Waals surface area contributed by atoms with Crippen molar-refractivity contribution in [2.45, 2.75) is 59.3 Å². The highest BCUT2D eigenvalue weighted by Gasteiger charge is 2.30. The predicted molar refractivity (Wildman–Crippen MR) is 71.5 cm³/mol. The monoisotopic (exact) mass is 226 g/mol. The van der Waals surface area contributed by atoms with Crippen molar-refractivity contribution in [3.63, 3.8) is 0 Å². The Morgan fingerprint density at radius 1 is 1.25 bits per heavy atom. The van der Waals surface area contributed by atoms with Crippen LogP contribution >= 0.6 is 0 Å². The first-order valence-electron chi connectivity index (χ1n) is 6.88. The largest absolute Gasteiger partial charge is 0.330 e. The zero-order valence-electron chi connectivity index (χ0n) is 11.4. The van der Waals surface area contributed by atoms with Crippen LogP contribution in [-0.2, 0) is 0 Å². The number of hydrogen-bond donors (Lipinski definition) is 2. The molecule has 3 N–H and O–H groups in total. The van der Waals surface area contributed by atoms with Crippen LogP contribution in [0.3, 0.4) is 0 Å². The average Bonchev–Trinajstić information content (AvgIpc) is 2.14. The summed E-state index contributed by atoms with van der Waals surface area (Å²) >= 11 is 0. The summed E-state index contributed by atoms with van der Waals surface area (Å²) in [5, 5.41) is 3.61. The average molecular weight is 226 g/mol. The van der Waals surface area contributed by atoms with Crippen molar-refractivity contribution in [3.05, 3.63) is 0 Å². The van der Waals surface area contributed by atoms with Crippen LogP contribution in [0, 0.1) is 10.8 Å². The fourth-order valence-electron chi connectivity index (χ4n) is 2.55. The van der Waals surface area contributed by atoms with Gasteiger partial charge in [0, 0.05) is 6.54 Å². The molecule has 2 heteroatoms. The molecular formula is C14H30N2. The summed E-state index contributed by atoms with van der Waals surface area (Å²) < 4.78 is 0. The van der Waals surface area contributed by atoms with Gasteiger partial charge in [-0.2, -0.15) is 0 Å². The second-order valence-electron chi connectivity index (χ2n) is 6.65. The van der Waals surface area contributed by atoms with Gasteiger partial charge < -0.3 is 11.1 Å². The summed E-state index contributed by atoms with van der Waals surface area (Å²) in [6.07, 6.45) is 7.97. The van der Waals surface area contributed by atoms with E-state index in [4.69, 9.17) is 5.73 Å². The molecule has 0 radical (unpaired) electrons. The first-order valence-corrected chi connectivity index (χ1v) is 6.88. The van der Waals surface area contributed by atoms with E-state index in [9.17, 15) is 0 Å². The first kappa shape index (κ1) is 14.0. The molecule has 0 atom stereocenters. The second kappa shape index (κ2) is 6.02. The highest BCUT2D eigenvalue weighted by Crippen LogP contribution is 2.39. The van der Waals surface area contributed by atoms with Crippen molar-refractivity contribution in [1.82, 2.24) is 5.32 Å². The van der Waals surface area contributed by atoms with Gasteiger partial charge in [-0.1, -0.05) is 27.2 Å². The summed E-state index contributed by atoms with van der Waals surface area (Å²) in [5.41, 5.74) is 6.66. The van der Waals surface area contributed by atoms with Crippen LogP contribution in [0.2, 0.25) is 0 Å². The molecule has 0 aromatic heterocycles. The Bertz CT molecular complexity index is 195. The third-order valence-electron chi connectivity index (χ3n) is 4.14. The summed E-state index contributed by atoms with van der Waals surface area (Å²) in [4.78, 5) is 0. The maximum atomic E-state index is 5.61. The molecule has 1 aliphatic rings. The Morgan fingerprint density at radius 3 is 2.44 bits per heavy atom. The van der Waals surface area contributed by atoms with Gasteiger partial charge in [0.15, 0.2) is 0 Å². The van der Waals surface area contributed by atoms with Crippen molar-refractivity contribution in [1.29, 1.82) is 0 Å². The number of rotatable bonds is 8. The van der Waals surface area contributed by atoms with E-state index in [0.29, 0.717) is 10.8 Å². The molecule has 1 fully saturated rings. The Labute approximate surface area is 101 Å². The molecule has 1 aliphatic carbocycles. The molecular weight excluding hydrogens is 196 g/mol. The number of nitrogens with two attached hydrogens (primary N) is 1. The van der Waals surface area contributed by atoms with Gasteiger partial charge in [-0.25, -0.2) is 0 Å². The maximum absolute atomic E-state index is 5.61. The second-order valence-corrected chi connectivity index (χ2v) is 6.65. The van der Waals surface area contributed by atoms with E-state index >= 15 is 0 Å². The quantitative estimate of drug-likeness (QED) is 0.625. The zero-order chi connectivity index (χ0) is 12.1. The lowest BCUT2D eigenvalue weighted by Crippen LogP contribution is -2.37. The minimum absolute atomic E-state index is 0.427. The molecule has 2 nitrogen and oxygen atoms in total. The first-order chi connectivity index (χ1) is 7.47. The van der Waals surface area contributed by atoms with Crippen molar-refractivity contribution in [3.8, 4) is 0 Å². The van der Waals surface area contributed by atoms with Crippen LogP contribution in [0.5, 0.6) is 0 Å². The number of nitrogens with one attached hydrogen (secondary N) is 1. The molecule has 0 aromatic carbocycles. The molecule has 96 valence electrons. The van der Waals surface area contributed by atoms with E-state index in [-0.39, 0.29) is 0 Å². The highest BCUT2D eigenvalue weighted by molar-refractivity contribution is 4.85. The van der Waals surface area contributed by atoms with Gasteiger partial charge in [0.2, 0.25) is 0 Å². The van der Waals surface area contributed by atoms with Crippen molar-refractivity contribution < 1.29 is 0 Å². The van der Waals surface area contributed by atoms with Gasteiger partial charge in [0.1, 0.15) is 0 Å². The summed E-state index contributed by atoms with van der Waals surface area (Å²) in [6, 6.07) is 0. The van der Waals surface area contributed by atoms with Gasteiger partial charge in [0.25, 0.3) is 0 Å². The third-order valence-corrected chi connectivity index (χ3v) is 4.14. The standard InChI is InChI=1S/C14H30N2/c1-13(2,9-10-15)6-5-11-16-12-14(3)7-4-8-14/h16H,4-12,15H2,1-3H3. The smallest absolute Gasteiger partial charge is 0.000516 e. The minimum Gasteiger partial charge on any atom is -0.330 e. The van der Waals surface area contributed by atoms with E-state index in [0.717, 1.165) is 13.0 Å². The molecule has 16 heavy (non-hydrogen) atoms. The molecule has 0 aromatic rings. The zero-order valence-corrected chi connectivity index (χ0v) is 11.4. The maximum Gasteiger partial charge on any atom is 0.000516 e. The Morgan fingerprint density at radius 2 is 1.94 bits per heavy atom. The minimum atomic E-state index is 0.427. The van der Waals surface area contributed by atoms with E-state index < -0.39 is 0 Å². The lowest BCUT2D eigenvalue weighted by molar-refractivity contribution is 0.156.